The summed E-state index contributed by atoms with van der Waals surface area (Å²) >= 11 is 0. The van der Waals surface area contributed by atoms with Crippen molar-refractivity contribution in [3.8, 4) is 0 Å². The third-order valence-corrected chi connectivity index (χ3v) is 2.33. The predicted octanol–water partition coefficient (Wildman–Crippen LogP) is 1.60. The molecular formula is C13H20N2O3. The van der Waals surface area contributed by atoms with E-state index < -0.39 is 5.91 Å². The lowest BCUT2D eigenvalue weighted by Gasteiger charge is -2.18. The Bertz CT molecular complexity index is 376. The van der Waals surface area contributed by atoms with Crippen molar-refractivity contribution in [3.05, 3.63) is 29.8 Å². The summed E-state index contributed by atoms with van der Waals surface area (Å²) in [5, 5.41) is 3.15. The van der Waals surface area contributed by atoms with Crippen molar-refractivity contribution in [1.82, 2.24) is 0 Å². The van der Waals surface area contributed by atoms with Gasteiger partial charge in [-0.05, 0) is 32.0 Å². The van der Waals surface area contributed by atoms with Crippen molar-refractivity contribution in [2.45, 2.75) is 20.1 Å². The zero-order valence-electron chi connectivity index (χ0n) is 10.8. The fourth-order valence-corrected chi connectivity index (χ4v) is 1.52. The SMILES string of the molecule is CCOC(CNc1cccc(C(N)=O)c1)OCC. The molecule has 1 aromatic rings. The van der Waals surface area contributed by atoms with Crippen LogP contribution in [0.4, 0.5) is 5.69 Å². The zero-order valence-corrected chi connectivity index (χ0v) is 10.8. The van der Waals surface area contributed by atoms with Gasteiger partial charge in [-0.15, -0.1) is 0 Å². The molecule has 1 rings (SSSR count). The van der Waals surface area contributed by atoms with E-state index in [2.05, 4.69) is 5.32 Å². The summed E-state index contributed by atoms with van der Waals surface area (Å²) in [4.78, 5) is 11.0. The quantitative estimate of drug-likeness (QED) is 0.689. The molecule has 0 fully saturated rings. The van der Waals surface area contributed by atoms with Gasteiger partial charge in [0.2, 0.25) is 5.91 Å². The molecule has 5 nitrogen and oxygen atoms in total. The number of carbonyl (C=O) groups excluding carboxylic acids is 1. The molecule has 1 amide bonds. The molecule has 0 aliphatic rings. The largest absolute Gasteiger partial charge is 0.380 e. The summed E-state index contributed by atoms with van der Waals surface area (Å²) in [6.45, 7) is 5.53. The molecule has 0 aliphatic heterocycles. The van der Waals surface area contributed by atoms with Gasteiger partial charge < -0.3 is 20.5 Å². The molecule has 100 valence electrons. The molecule has 0 saturated carbocycles. The predicted molar refractivity (Wildman–Crippen MR) is 70.5 cm³/mol. The molecule has 0 spiro atoms. The first-order valence-corrected chi connectivity index (χ1v) is 6.04. The normalized spacial score (nSPS) is 10.6. The van der Waals surface area contributed by atoms with Crippen molar-refractivity contribution in [1.29, 1.82) is 0 Å². The number of rotatable bonds is 8. The van der Waals surface area contributed by atoms with Gasteiger partial charge in [-0.2, -0.15) is 0 Å². The number of hydrogen-bond donors (Lipinski definition) is 2. The second-order valence-electron chi connectivity index (χ2n) is 3.67. The number of primary amides is 1. The minimum atomic E-state index is -0.440. The Morgan fingerprint density at radius 1 is 1.33 bits per heavy atom. The van der Waals surface area contributed by atoms with E-state index in [1.165, 1.54) is 0 Å². The third-order valence-electron chi connectivity index (χ3n) is 2.33. The highest BCUT2D eigenvalue weighted by atomic mass is 16.7. The highest BCUT2D eigenvalue weighted by molar-refractivity contribution is 5.93. The maximum absolute atomic E-state index is 11.0. The summed E-state index contributed by atoms with van der Waals surface area (Å²) in [6.07, 6.45) is -0.294. The molecule has 0 aliphatic carbocycles. The molecule has 3 N–H and O–H groups in total. The van der Waals surface area contributed by atoms with Crippen LogP contribution >= 0.6 is 0 Å². The molecule has 5 heteroatoms. The van der Waals surface area contributed by atoms with Gasteiger partial charge in [-0.1, -0.05) is 6.07 Å². The molecule has 0 heterocycles. The number of nitrogens with two attached hydrogens (primary N) is 1. The molecule has 1 aromatic carbocycles. The molecule has 0 saturated heterocycles. The van der Waals surface area contributed by atoms with Crippen molar-refractivity contribution >= 4 is 11.6 Å². The average molecular weight is 252 g/mol. The van der Waals surface area contributed by atoms with Crippen LogP contribution in [0.2, 0.25) is 0 Å². The van der Waals surface area contributed by atoms with Crippen LogP contribution < -0.4 is 11.1 Å². The van der Waals surface area contributed by atoms with Gasteiger partial charge in [-0.25, -0.2) is 0 Å². The first-order valence-electron chi connectivity index (χ1n) is 6.04. The summed E-state index contributed by atoms with van der Waals surface area (Å²) in [7, 11) is 0. The van der Waals surface area contributed by atoms with E-state index in [1.807, 2.05) is 19.9 Å². The van der Waals surface area contributed by atoms with Crippen LogP contribution in [0.5, 0.6) is 0 Å². The van der Waals surface area contributed by atoms with Crippen LogP contribution in [0.3, 0.4) is 0 Å². The molecule has 0 radical (unpaired) electrons. The fourth-order valence-electron chi connectivity index (χ4n) is 1.52. The van der Waals surface area contributed by atoms with Gasteiger partial charge >= 0.3 is 0 Å². The number of benzene rings is 1. The van der Waals surface area contributed by atoms with Gasteiger partial charge in [-0.3, -0.25) is 4.79 Å². The van der Waals surface area contributed by atoms with Gasteiger partial charge in [0.1, 0.15) is 0 Å². The Balaban J connectivity index is 2.55. The maximum atomic E-state index is 11.0. The van der Waals surface area contributed by atoms with Gasteiger partial charge in [0.15, 0.2) is 6.29 Å². The first kappa shape index (κ1) is 14.5. The third kappa shape index (κ3) is 4.73. The minimum Gasteiger partial charge on any atom is -0.380 e. The van der Waals surface area contributed by atoms with E-state index in [1.54, 1.807) is 18.2 Å². The Morgan fingerprint density at radius 3 is 2.56 bits per heavy atom. The first-order chi connectivity index (χ1) is 8.67. The van der Waals surface area contributed by atoms with Crippen LogP contribution in [-0.4, -0.2) is 32.0 Å². The van der Waals surface area contributed by atoms with Crippen molar-refractivity contribution in [3.63, 3.8) is 0 Å². The minimum absolute atomic E-state index is 0.294. The molecule has 0 atom stereocenters. The average Bonchev–Trinajstić information content (AvgIpc) is 2.37. The van der Waals surface area contributed by atoms with Gasteiger partial charge in [0, 0.05) is 24.5 Å². The highest BCUT2D eigenvalue weighted by Gasteiger charge is 2.08. The number of carbonyl (C=O) groups is 1. The Kier molecular flexibility index (Phi) is 6.18. The van der Waals surface area contributed by atoms with Gasteiger partial charge in [0.25, 0.3) is 0 Å². The van der Waals surface area contributed by atoms with E-state index in [-0.39, 0.29) is 6.29 Å². The molecule has 18 heavy (non-hydrogen) atoms. The van der Waals surface area contributed by atoms with Crippen LogP contribution in [0.1, 0.15) is 24.2 Å². The van der Waals surface area contributed by atoms with Crippen molar-refractivity contribution < 1.29 is 14.3 Å². The van der Waals surface area contributed by atoms with E-state index in [4.69, 9.17) is 15.2 Å². The Morgan fingerprint density at radius 2 is 2.00 bits per heavy atom. The summed E-state index contributed by atoms with van der Waals surface area (Å²) in [6, 6.07) is 7.02. The molecular weight excluding hydrogens is 232 g/mol. The van der Waals surface area contributed by atoms with E-state index >= 15 is 0 Å². The standard InChI is InChI=1S/C13H20N2O3/c1-3-17-12(18-4-2)9-15-11-7-5-6-10(8-11)13(14)16/h5-8,12,15H,3-4,9H2,1-2H3,(H2,14,16). The number of amides is 1. The number of nitrogens with one attached hydrogen (secondary N) is 1. The number of ether oxygens (including phenoxy) is 2. The lowest BCUT2D eigenvalue weighted by atomic mass is 10.2. The van der Waals surface area contributed by atoms with Gasteiger partial charge in [0.05, 0.1) is 6.54 Å². The topological polar surface area (TPSA) is 73.6 Å². The maximum Gasteiger partial charge on any atom is 0.248 e. The van der Waals surface area contributed by atoms with Crippen molar-refractivity contribution in [2.24, 2.45) is 5.73 Å². The second kappa shape index (κ2) is 7.68. The molecule has 0 bridgehead atoms. The number of anilines is 1. The second-order valence-corrected chi connectivity index (χ2v) is 3.67. The fraction of sp³-hybridized carbons (Fsp3) is 0.462. The van der Waals surface area contributed by atoms with Crippen LogP contribution in [0, 0.1) is 0 Å². The summed E-state index contributed by atoms with van der Waals surface area (Å²) in [5.41, 5.74) is 6.51. The van der Waals surface area contributed by atoms with Crippen LogP contribution in [0.15, 0.2) is 24.3 Å². The van der Waals surface area contributed by atoms with Crippen LogP contribution in [0.25, 0.3) is 0 Å². The number of hydrogen-bond acceptors (Lipinski definition) is 4. The molecule has 0 aromatic heterocycles. The van der Waals surface area contributed by atoms with E-state index in [9.17, 15) is 4.79 Å². The lowest BCUT2D eigenvalue weighted by molar-refractivity contribution is -0.126. The summed E-state index contributed by atoms with van der Waals surface area (Å²) in [5.74, 6) is -0.440. The summed E-state index contributed by atoms with van der Waals surface area (Å²) < 4.78 is 10.8. The monoisotopic (exact) mass is 252 g/mol. The van der Waals surface area contributed by atoms with Crippen LogP contribution in [-0.2, 0) is 9.47 Å². The zero-order chi connectivity index (χ0) is 13.4. The Hall–Kier alpha value is -1.59. The van der Waals surface area contributed by atoms with E-state index in [0.29, 0.717) is 25.3 Å². The van der Waals surface area contributed by atoms with E-state index in [0.717, 1.165) is 5.69 Å². The molecule has 0 unspecified atom stereocenters. The smallest absolute Gasteiger partial charge is 0.248 e. The highest BCUT2D eigenvalue weighted by Crippen LogP contribution is 2.10. The lowest BCUT2D eigenvalue weighted by Crippen LogP contribution is -2.26. The van der Waals surface area contributed by atoms with Crippen molar-refractivity contribution in [2.75, 3.05) is 25.1 Å². The Labute approximate surface area is 107 Å².